The highest BCUT2D eigenvalue weighted by atomic mass is 14.9. The lowest BCUT2D eigenvalue weighted by Gasteiger charge is -2.09. The summed E-state index contributed by atoms with van der Waals surface area (Å²) in [6.45, 7) is 1.19. The van der Waals surface area contributed by atoms with E-state index in [2.05, 4.69) is 34.6 Å². The van der Waals surface area contributed by atoms with Gasteiger partial charge in [0.05, 0.1) is 0 Å². The summed E-state index contributed by atoms with van der Waals surface area (Å²) in [6.07, 6.45) is 5.83. The molecular formula is C13H16N2. The van der Waals surface area contributed by atoms with Crippen molar-refractivity contribution in [2.45, 2.75) is 25.3 Å². The van der Waals surface area contributed by atoms with E-state index in [4.69, 9.17) is 0 Å². The monoisotopic (exact) mass is 200 g/mol. The maximum atomic E-state index is 3.54. The number of nitrogens with one attached hydrogen (secondary N) is 2. The summed E-state index contributed by atoms with van der Waals surface area (Å²) in [4.78, 5) is 3.22. The minimum atomic E-state index is 0.696. The normalized spacial score (nSPS) is 21.2. The molecule has 0 spiro atoms. The van der Waals surface area contributed by atoms with Crippen molar-refractivity contribution in [3.05, 3.63) is 36.0 Å². The minimum absolute atomic E-state index is 0.696. The highest BCUT2D eigenvalue weighted by Crippen LogP contribution is 2.17. The molecule has 0 radical (unpaired) electrons. The predicted molar refractivity (Wildman–Crippen MR) is 63.0 cm³/mol. The van der Waals surface area contributed by atoms with Crippen LogP contribution in [-0.4, -0.2) is 17.6 Å². The molecule has 2 N–H and O–H groups in total. The van der Waals surface area contributed by atoms with Crippen LogP contribution in [0.5, 0.6) is 0 Å². The van der Waals surface area contributed by atoms with Gasteiger partial charge in [0.2, 0.25) is 0 Å². The summed E-state index contributed by atoms with van der Waals surface area (Å²) in [5.41, 5.74) is 2.68. The highest BCUT2D eigenvalue weighted by molar-refractivity contribution is 5.79. The molecule has 0 bridgehead atoms. The average Bonchev–Trinajstić information content (AvgIpc) is 2.87. The molecule has 2 nitrogen and oxygen atoms in total. The molecule has 0 amide bonds. The SMILES string of the molecule is c1cc2cc(CC3CCCN3)ccc2[nH]1. The van der Waals surface area contributed by atoms with Gasteiger partial charge in [0, 0.05) is 17.8 Å². The Morgan fingerprint density at radius 3 is 3.13 bits per heavy atom. The van der Waals surface area contributed by atoms with Gasteiger partial charge in [-0.15, -0.1) is 0 Å². The van der Waals surface area contributed by atoms with Gasteiger partial charge in [-0.3, -0.25) is 0 Å². The first kappa shape index (κ1) is 8.98. The van der Waals surface area contributed by atoms with E-state index in [1.165, 1.54) is 42.3 Å². The Hall–Kier alpha value is -1.28. The molecule has 1 fully saturated rings. The topological polar surface area (TPSA) is 27.8 Å². The zero-order valence-electron chi connectivity index (χ0n) is 8.79. The number of hydrogen-bond acceptors (Lipinski definition) is 1. The van der Waals surface area contributed by atoms with Crippen molar-refractivity contribution < 1.29 is 0 Å². The second-order valence-corrected chi connectivity index (χ2v) is 4.40. The molecule has 2 heterocycles. The molecule has 2 heteroatoms. The fraction of sp³-hybridized carbons (Fsp3) is 0.385. The summed E-state index contributed by atoms with van der Waals surface area (Å²) in [5.74, 6) is 0. The third kappa shape index (κ3) is 1.77. The highest BCUT2D eigenvalue weighted by Gasteiger charge is 2.14. The Labute approximate surface area is 89.7 Å². The van der Waals surface area contributed by atoms with Gasteiger partial charge in [0.1, 0.15) is 0 Å². The van der Waals surface area contributed by atoms with Crippen LogP contribution < -0.4 is 5.32 Å². The minimum Gasteiger partial charge on any atom is -0.361 e. The Balaban J connectivity index is 1.84. The Morgan fingerprint density at radius 1 is 1.27 bits per heavy atom. The van der Waals surface area contributed by atoms with Gasteiger partial charge in [-0.1, -0.05) is 6.07 Å². The van der Waals surface area contributed by atoms with E-state index in [9.17, 15) is 0 Å². The van der Waals surface area contributed by atoms with Crippen molar-refractivity contribution in [3.63, 3.8) is 0 Å². The molecule has 1 saturated heterocycles. The van der Waals surface area contributed by atoms with Gasteiger partial charge >= 0.3 is 0 Å². The average molecular weight is 200 g/mol. The fourth-order valence-electron chi connectivity index (χ4n) is 2.45. The van der Waals surface area contributed by atoms with Crippen molar-refractivity contribution >= 4 is 10.9 Å². The van der Waals surface area contributed by atoms with E-state index in [1.807, 2.05) is 6.20 Å². The summed E-state index contributed by atoms with van der Waals surface area (Å²) in [7, 11) is 0. The van der Waals surface area contributed by atoms with Crippen molar-refractivity contribution in [2.24, 2.45) is 0 Å². The van der Waals surface area contributed by atoms with E-state index in [1.54, 1.807) is 0 Å². The van der Waals surface area contributed by atoms with Crippen LogP contribution in [-0.2, 0) is 6.42 Å². The van der Waals surface area contributed by atoms with E-state index >= 15 is 0 Å². The summed E-state index contributed by atoms with van der Waals surface area (Å²) in [6, 6.07) is 9.55. The van der Waals surface area contributed by atoms with Crippen molar-refractivity contribution in [1.82, 2.24) is 10.3 Å². The van der Waals surface area contributed by atoms with Crippen LogP contribution in [0, 0.1) is 0 Å². The number of fused-ring (bicyclic) bond motifs is 1. The molecule has 78 valence electrons. The molecule has 15 heavy (non-hydrogen) atoms. The molecule has 1 aliphatic heterocycles. The predicted octanol–water partition coefficient (Wildman–Crippen LogP) is 2.46. The molecule has 0 saturated carbocycles. The fourth-order valence-corrected chi connectivity index (χ4v) is 2.45. The molecule has 0 aliphatic carbocycles. The van der Waals surface area contributed by atoms with Crippen LogP contribution in [0.15, 0.2) is 30.5 Å². The number of aromatic nitrogens is 1. The Kier molecular flexibility index (Phi) is 2.22. The number of hydrogen-bond donors (Lipinski definition) is 2. The lowest BCUT2D eigenvalue weighted by Crippen LogP contribution is -2.23. The van der Waals surface area contributed by atoms with Crippen LogP contribution in [0.2, 0.25) is 0 Å². The van der Waals surface area contributed by atoms with Gasteiger partial charge in [0.15, 0.2) is 0 Å². The second-order valence-electron chi connectivity index (χ2n) is 4.40. The number of aromatic amines is 1. The van der Waals surface area contributed by atoms with Crippen molar-refractivity contribution in [1.29, 1.82) is 0 Å². The maximum absolute atomic E-state index is 3.54. The summed E-state index contributed by atoms with van der Waals surface area (Å²) < 4.78 is 0. The first-order chi connectivity index (χ1) is 7.42. The molecular weight excluding hydrogens is 184 g/mol. The maximum Gasteiger partial charge on any atom is 0.0454 e. The molecule has 1 aromatic heterocycles. The largest absolute Gasteiger partial charge is 0.361 e. The third-order valence-corrected chi connectivity index (χ3v) is 3.26. The first-order valence-electron chi connectivity index (χ1n) is 5.71. The van der Waals surface area contributed by atoms with Gasteiger partial charge < -0.3 is 10.3 Å². The Morgan fingerprint density at radius 2 is 2.27 bits per heavy atom. The molecule has 1 unspecified atom stereocenters. The quantitative estimate of drug-likeness (QED) is 0.765. The van der Waals surface area contributed by atoms with Crippen LogP contribution in [0.1, 0.15) is 18.4 Å². The molecule has 1 aliphatic rings. The van der Waals surface area contributed by atoms with E-state index < -0.39 is 0 Å². The zero-order valence-corrected chi connectivity index (χ0v) is 8.79. The molecule has 1 atom stereocenters. The van der Waals surface area contributed by atoms with Crippen LogP contribution >= 0.6 is 0 Å². The third-order valence-electron chi connectivity index (χ3n) is 3.26. The van der Waals surface area contributed by atoms with Crippen LogP contribution in [0.4, 0.5) is 0 Å². The van der Waals surface area contributed by atoms with Gasteiger partial charge in [-0.05, 0) is 55.0 Å². The first-order valence-corrected chi connectivity index (χ1v) is 5.71. The molecule has 3 rings (SSSR count). The van der Waals surface area contributed by atoms with Gasteiger partial charge in [-0.2, -0.15) is 0 Å². The number of benzene rings is 1. The van der Waals surface area contributed by atoms with Gasteiger partial charge in [-0.25, -0.2) is 0 Å². The number of rotatable bonds is 2. The smallest absolute Gasteiger partial charge is 0.0454 e. The van der Waals surface area contributed by atoms with E-state index in [0.29, 0.717) is 6.04 Å². The summed E-state index contributed by atoms with van der Waals surface area (Å²) in [5, 5.41) is 4.86. The zero-order chi connectivity index (χ0) is 10.1. The molecule has 2 aromatic rings. The standard InChI is InChI=1S/C13H16N2/c1-2-12(14-6-1)9-10-3-4-13-11(8-10)5-7-15-13/h3-5,7-8,12,14-15H,1-2,6,9H2. The lowest BCUT2D eigenvalue weighted by atomic mass is 10.0. The number of H-pyrrole nitrogens is 1. The van der Waals surface area contributed by atoms with Gasteiger partial charge in [0.25, 0.3) is 0 Å². The Bertz CT molecular complexity index is 452. The lowest BCUT2D eigenvalue weighted by molar-refractivity contribution is 0.603. The van der Waals surface area contributed by atoms with Crippen molar-refractivity contribution in [3.8, 4) is 0 Å². The summed E-state index contributed by atoms with van der Waals surface area (Å²) >= 11 is 0. The van der Waals surface area contributed by atoms with E-state index in [-0.39, 0.29) is 0 Å². The van der Waals surface area contributed by atoms with Crippen LogP contribution in [0.3, 0.4) is 0 Å². The molecule has 1 aromatic carbocycles. The second kappa shape index (κ2) is 3.70. The van der Waals surface area contributed by atoms with Crippen LogP contribution in [0.25, 0.3) is 10.9 Å². The van der Waals surface area contributed by atoms with Crippen molar-refractivity contribution in [2.75, 3.05) is 6.54 Å². The van der Waals surface area contributed by atoms with E-state index in [0.717, 1.165) is 0 Å².